The molecule has 6 nitrogen and oxygen atoms in total. The Morgan fingerprint density at radius 3 is 2.21 bits per heavy atom. The molecule has 2 aromatic carbocycles. The van der Waals surface area contributed by atoms with Crippen LogP contribution in [0.1, 0.15) is 47.2 Å². The molecule has 33 heavy (non-hydrogen) atoms. The van der Waals surface area contributed by atoms with E-state index in [1.807, 2.05) is 4.90 Å². The molecule has 174 valence electrons. The minimum Gasteiger partial charge on any atom is -0.494 e. The molecule has 2 heterocycles. The number of carbonyl (C=O) groups excluding carboxylic acids is 1. The Morgan fingerprint density at radius 1 is 0.848 bits per heavy atom. The summed E-state index contributed by atoms with van der Waals surface area (Å²) in [4.78, 5) is 19.5. The third-order valence-electron chi connectivity index (χ3n) is 6.59. The van der Waals surface area contributed by atoms with Crippen molar-refractivity contribution in [1.82, 2.24) is 14.7 Å². The van der Waals surface area contributed by atoms with Crippen molar-refractivity contribution >= 4 is 5.91 Å². The number of nitrogens with zero attached hydrogens (tertiary/aromatic N) is 4. The zero-order chi connectivity index (χ0) is 22.9. The summed E-state index contributed by atoms with van der Waals surface area (Å²) in [6.45, 7) is 8.43. The van der Waals surface area contributed by atoms with Crippen LogP contribution >= 0.6 is 0 Å². The van der Waals surface area contributed by atoms with Gasteiger partial charge < -0.3 is 14.5 Å². The zero-order valence-electron chi connectivity index (χ0n) is 19.4. The third kappa shape index (κ3) is 6.80. The van der Waals surface area contributed by atoms with Crippen LogP contribution in [0.5, 0.6) is 5.75 Å². The average molecular weight is 447 g/mol. The molecule has 6 heteroatoms. The van der Waals surface area contributed by atoms with Crippen LogP contribution in [0.2, 0.25) is 0 Å². The van der Waals surface area contributed by atoms with Gasteiger partial charge in [-0.1, -0.05) is 18.6 Å². The van der Waals surface area contributed by atoms with Crippen LogP contribution in [0.4, 0.5) is 0 Å². The first-order chi connectivity index (χ1) is 16.2. The number of hydrogen-bond donors (Lipinski definition) is 0. The topological polar surface area (TPSA) is 59.8 Å². The second-order valence-electron chi connectivity index (χ2n) is 9.01. The van der Waals surface area contributed by atoms with E-state index in [0.29, 0.717) is 11.1 Å². The number of piperidine rings is 1. The molecule has 0 radical (unpaired) electrons. The zero-order valence-corrected chi connectivity index (χ0v) is 19.4. The number of nitriles is 1. The lowest BCUT2D eigenvalue weighted by molar-refractivity contribution is 0.0628. The van der Waals surface area contributed by atoms with E-state index in [0.717, 1.165) is 58.0 Å². The maximum Gasteiger partial charge on any atom is 0.253 e. The second-order valence-corrected chi connectivity index (χ2v) is 9.01. The first kappa shape index (κ1) is 23.3. The molecule has 0 atom stereocenters. The Bertz CT molecular complexity index is 922. The number of benzene rings is 2. The molecule has 2 aromatic rings. The third-order valence-corrected chi connectivity index (χ3v) is 6.59. The molecule has 0 saturated carbocycles. The molecule has 0 spiro atoms. The Balaban J connectivity index is 1.16. The van der Waals surface area contributed by atoms with Gasteiger partial charge in [0.15, 0.2) is 0 Å². The van der Waals surface area contributed by atoms with Gasteiger partial charge in [0.05, 0.1) is 18.2 Å². The second kappa shape index (κ2) is 11.8. The molecular formula is C27H34N4O2. The maximum atomic E-state index is 12.7. The van der Waals surface area contributed by atoms with E-state index in [4.69, 9.17) is 10.00 Å². The minimum atomic E-state index is 0.0425. The number of carbonyl (C=O) groups is 1. The molecule has 0 aromatic heterocycles. The summed E-state index contributed by atoms with van der Waals surface area (Å²) in [6.07, 6.45) is 5.13. The fraction of sp³-hybridized carbons (Fsp3) is 0.481. The van der Waals surface area contributed by atoms with Crippen LogP contribution in [0.3, 0.4) is 0 Å². The van der Waals surface area contributed by atoms with Gasteiger partial charge in [-0.2, -0.15) is 5.26 Å². The summed E-state index contributed by atoms with van der Waals surface area (Å²) in [5, 5.41) is 8.92. The predicted octanol–water partition coefficient (Wildman–Crippen LogP) is 3.77. The van der Waals surface area contributed by atoms with Crippen LogP contribution in [0, 0.1) is 11.3 Å². The highest BCUT2D eigenvalue weighted by atomic mass is 16.5. The van der Waals surface area contributed by atoms with Gasteiger partial charge in [-0.3, -0.25) is 9.69 Å². The average Bonchev–Trinajstić information content (AvgIpc) is 2.88. The van der Waals surface area contributed by atoms with Gasteiger partial charge in [0.25, 0.3) is 5.91 Å². The van der Waals surface area contributed by atoms with Gasteiger partial charge in [0.2, 0.25) is 0 Å². The Labute approximate surface area is 197 Å². The standard InChI is InChI=1S/C27H34N4O2/c28-21-23-5-9-25(10-6-23)27(32)31-18-16-30(17-19-31)22-24-7-11-26(12-8-24)33-20-4-15-29-13-2-1-3-14-29/h5-12H,1-4,13-20,22H2. The Hall–Kier alpha value is -2.88. The lowest BCUT2D eigenvalue weighted by atomic mass is 10.1. The highest BCUT2D eigenvalue weighted by Crippen LogP contribution is 2.16. The molecular weight excluding hydrogens is 412 g/mol. The smallest absolute Gasteiger partial charge is 0.253 e. The van der Waals surface area contributed by atoms with Crippen molar-refractivity contribution in [3.05, 3.63) is 65.2 Å². The summed E-state index contributed by atoms with van der Waals surface area (Å²) >= 11 is 0. The van der Waals surface area contributed by atoms with Crippen molar-refractivity contribution in [3.8, 4) is 11.8 Å². The van der Waals surface area contributed by atoms with E-state index in [9.17, 15) is 4.79 Å². The SMILES string of the molecule is N#Cc1ccc(C(=O)N2CCN(Cc3ccc(OCCCN4CCCCC4)cc3)CC2)cc1. The van der Waals surface area contributed by atoms with Gasteiger partial charge in [0.1, 0.15) is 5.75 Å². The molecule has 2 aliphatic heterocycles. The largest absolute Gasteiger partial charge is 0.494 e. The highest BCUT2D eigenvalue weighted by Gasteiger charge is 2.22. The van der Waals surface area contributed by atoms with Crippen LogP contribution < -0.4 is 4.74 Å². The van der Waals surface area contributed by atoms with Crippen molar-refractivity contribution < 1.29 is 9.53 Å². The van der Waals surface area contributed by atoms with Crippen LogP contribution in [-0.4, -0.2) is 73.0 Å². The maximum absolute atomic E-state index is 12.7. The summed E-state index contributed by atoms with van der Waals surface area (Å²) in [6, 6.07) is 17.4. The number of piperazine rings is 1. The number of amides is 1. The summed E-state index contributed by atoms with van der Waals surface area (Å²) < 4.78 is 5.94. The van der Waals surface area contributed by atoms with Crippen molar-refractivity contribution in [2.45, 2.75) is 32.2 Å². The molecule has 1 amide bonds. The van der Waals surface area contributed by atoms with E-state index in [-0.39, 0.29) is 5.91 Å². The predicted molar refractivity (Wildman–Crippen MR) is 129 cm³/mol. The van der Waals surface area contributed by atoms with E-state index in [1.54, 1.807) is 24.3 Å². The first-order valence-corrected chi connectivity index (χ1v) is 12.2. The number of hydrogen-bond acceptors (Lipinski definition) is 5. The fourth-order valence-corrected chi connectivity index (χ4v) is 4.59. The number of likely N-dealkylation sites (tertiary alicyclic amines) is 1. The quantitative estimate of drug-likeness (QED) is 0.578. The molecule has 0 N–H and O–H groups in total. The minimum absolute atomic E-state index is 0.0425. The summed E-state index contributed by atoms with van der Waals surface area (Å²) in [7, 11) is 0. The molecule has 0 bridgehead atoms. The van der Waals surface area contributed by atoms with Gasteiger partial charge in [-0.25, -0.2) is 0 Å². The van der Waals surface area contributed by atoms with Crippen molar-refractivity contribution in [1.29, 1.82) is 5.26 Å². The monoisotopic (exact) mass is 446 g/mol. The van der Waals surface area contributed by atoms with Gasteiger partial charge >= 0.3 is 0 Å². The molecule has 2 aliphatic rings. The molecule has 0 aliphatic carbocycles. The van der Waals surface area contributed by atoms with Gasteiger partial charge in [-0.05, 0) is 74.3 Å². The molecule has 2 saturated heterocycles. The van der Waals surface area contributed by atoms with E-state index in [1.165, 1.54) is 37.9 Å². The lowest BCUT2D eigenvalue weighted by Crippen LogP contribution is -2.48. The normalized spacial score (nSPS) is 17.5. The van der Waals surface area contributed by atoms with E-state index < -0.39 is 0 Å². The highest BCUT2D eigenvalue weighted by molar-refractivity contribution is 5.94. The molecule has 4 rings (SSSR count). The van der Waals surface area contributed by atoms with Crippen molar-refractivity contribution in [3.63, 3.8) is 0 Å². The number of rotatable bonds is 8. The van der Waals surface area contributed by atoms with Crippen LogP contribution in [0.15, 0.2) is 48.5 Å². The molecule has 0 unspecified atom stereocenters. The summed E-state index contributed by atoms with van der Waals surface area (Å²) in [5.74, 6) is 0.983. The van der Waals surface area contributed by atoms with Gasteiger partial charge in [0, 0.05) is 44.8 Å². The Morgan fingerprint density at radius 2 is 1.55 bits per heavy atom. The van der Waals surface area contributed by atoms with Crippen LogP contribution in [0.25, 0.3) is 0 Å². The van der Waals surface area contributed by atoms with Crippen LogP contribution in [-0.2, 0) is 6.54 Å². The molecule has 2 fully saturated rings. The first-order valence-electron chi connectivity index (χ1n) is 12.2. The lowest BCUT2D eigenvalue weighted by Gasteiger charge is -2.34. The summed E-state index contributed by atoms with van der Waals surface area (Å²) in [5.41, 5.74) is 2.49. The Kier molecular flexibility index (Phi) is 8.35. The van der Waals surface area contributed by atoms with Gasteiger partial charge in [-0.15, -0.1) is 0 Å². The van der Waals surface area contributed by atoms with Crippen molar-refractivity contribution in [2.75, 3.05) is 52.4 Å². The van der Waals surface area contributed by atoms with E-state index >= 15 is 0 Å². The number of ether oxygens (including phenoxy) is 1. The van der Waals surface area contributed by atoms with E-state index in [2.05, 4.69) is 40.1 Å². The van der Waals surface area contributed by atoms with Crippen molar-refractivity contribution in [2.24, 2.45) is 0 Å². The fourth-order valence-electron chi connectivity index (χ4n) is 4.59.